The summed E-state index contributed by atoms with van der Waals surface area (Å²) >= 11 is 3.62. The van der Waals surface area contributed by atoms with Gasteiger partial charge in [-0.15, -0.1) is 0 Å². The Labute approximate surface area is 106 Å². The van der Waals surface area contributed by atoms with Gasteiger partial charge in [-0.05, 0) is 33.2 Å². The Hall–Kier alpha value is -0.420. The number of halogens is 1. The second-order valence-electron chi connectivity index (χ2n) is 4.19. The molecule has 0 aromatic carbocycles. The van der Waals surface area contributed by atoms with Gasteiger partial charge in [0.2, 0.25) is 0 Å². The second kappa shape index (κ2) is 7.01. The fourth-order valence-corrected chi connectivity index (χ4v) is 1.72. The van der Waals surface area contributed by atoms with Gasteiger partial charge in [-0.25, -0.2) is 9.67 Å². The van der Waals surface area contributed by atoms with E-state index in [1.165, 1.54) is 6.42 Å². The monoisotopic (exact) mass is 288 g/mol. The van der Waals surface area contributed by atoms with Crippen molar-refractivity contribution in [2.45, 2.75) is 51.0 Å². The highest BCUT2D eigenvalue weighted by atomic mass is 79.9. The third kappa shape index (κ3) is 4.22. The Balaban J connectivity index is 2.29. The molecule has 0 bridgehead atoms. The largest absolute Gasteiger partial charge is 0.310 e. The summed E-state index contributed by atoms with van der Waals surface area (Å²) in [6.07, 6.45) is 3.94. The molecule has 0 aliphatic carbocycles. The van der Waals surface area contributed by atoms with Gasteiger partial charge < -0.3 is 5.32 Å². The summed E-state index contributed by atoms with van der Waals surface area (Å²) in [5.41, 5.74) is 0. The average molecular weight is 289 g/mol. The maximum Gasteiger partial charge on any atom is 0.141 e. The molecule has 1 aromatic heterocycles. The van der Waals surface area contributed by atoms with Crippen LogP contribution in [0.1, 0.15) is 45.5 Å². The molecule has 0 amide bonds. The topological polar surface area (TPSA) is 42.7 Å². The molecule has 1 rings (SSSR count). The van der Waals surface area contributed by atoms with E-state index in [0.717, 1.165) is 25.3 Å². The van der Waals surface area contributed by atoms with Crippen LogP contribution in [0.15, 0.2) is 6.33 Å². The lowest BCUT2D eigenvalue weighted by atomic mass is 10.2. The molecule has 0 spiro atoms. The number of hydrogen-bond acceptors (Lipinski definition) is 3. The van der Waals surface area contributed by atoms with Gasteiger partial charge in [0.15, 0.2) is 0 Å². The van der Waals surface area contributed by atoms with Crippen molar-refractivity contribution in [1.29, 1.82) is 0 Å². The van der Waals surface area contributed by atoms with Gasteiger partial charge in [0.05, 0.1) is 6.54 Å². The standard InChI is InChI=1S/C11H21BrN4/c1-4-10(12)5-6-13-7-11-14-8-15-16(11)9(2)3/h8-10,13H,4-7H2,1-3H3. The first-order valence-electron chi connectivity index (χ1n) is 5.88. The summed E-state index contributed by atoms with van der Waals surface area (Å²) in [6.45, 7) is 8.22. The van der Waals surface area contributed by atoms with Crippen molar-refractivity contribution >= 4 is 15.9 Å². The lowest BCUT2D eigenvalue weighted by molar-refractivity contribution is 0.488. The summed E-state index contributed by atoms with van der Waals surface area (Å²) in [5.74, 6) is 1.01. The molecule has 92 valence electrons. The van der Waals surface area contributed by atoms with Crippen molar-refractivity contribution in [3.63, 3.8) is 0 Å². The zero-order valence-electron chi connectivity index (χ0n) is 10.3. The molecule has 1 aromatic rings. The predicted octanol–water partition coefficient (Wildman–Crippen LogP) is 2.51. The van der Waals surface area contributed by atoms with Crippen LogP contribution in [-0.2, 0) is 6.54 Å². The number of rotatable bonds is 7. The summed E-state index contributed by atoms with van der Waals surface area (Å²) in [7, 11) is 0. The van der Waals surface area contributed by atoms with E-state index in [2.05, 4.69) is 52.1 Å². The molecule has 0 saturated carbocycles. The fourth-order valence-electron chi connectivity index (χ4n) is 1.49. The molecule has 1 heterocycles. The zero-order chi connectivity index (χ0) is 12.0. The third-order valence-corrected chi connectivity index (χ3v) is 3.60. The molecule has 0 radical (unpaired) electrons. The first kappa shape index (κ1) is 13.6. The van der Waals surface area contributed by atoms with E-state index in [1.54, 1.807) is 6.33 Å². The van der Waals surface area contributed by atoms with Gasteiger partial charge in [0.25, 0.3) is 0 Å². The van der Waals surface area contributed by atoms with E-state index in [0.29, 0.717) is 10.9 Å². The number of aromatic nitrogens is 3. The molecule has 16 heavy (non-hydrogen) atoms. The van der Waals surface area contributed by atoms with Crippen molar-refractivity contribution in [2.24, 2.45) is 0 Å². The van der Waals surface area contributed by atoms with Crippen LogP contribution < -0.4 is 5.32 Å². The third-order valence-electron chi connectivity index (χ3n) is 2.50. The average Bonchev–Trinajstić information content (AvgIpc) is 2.72. The molecule has 1 N–H and O–H groups in total. The van der Waals surface area contributed by atoms with Crippen LogP contribution in [0.2, 0.25) is 0 Å². The Morgan fingerprint density at radius 3 is 2.88 bits per heavy atom. The Morgan fingerprint density at radius 2 is 2.25 bits per heavy atom. The maximum absolute atomic E-state index is 4.25. The predicted molar refractivity (Wildman–Crippen MR) is 69.7 cm³/mol. The minimum absolute atomic E-state index is 0.374. The minimum Gasteiger partial charge on any atom is -0.310 e. The lowest BCUT2D eigenvalue weighted by Gasteiger charge is -2.11. The zero-order valence-corrected chi connectivity index (χ0v) is 11.9. The molecule has 0 fully saturated rings. The van der Waals surface area contributed by atoms with E-state index in [9.17, 15) is 0 Å². The van der Waals surface area contributed by atoms with Gasteiger partial charge in [-0.3, -0.25) is 0 Å². The van der Waals surface area contributed by atoms with Gasteiger partial charge in [0.1, 0.15) is 12.2 Å². The van der Waals surface area contributed by atoms with Crippen LogP contribution in [0.4, 0.5) is 0 Å². The molecule has 4 nitrogen and oxygen atoms in total. The van der Waals surface area contributed by atoms with Gasteiger partial charge in [0, 0.05) is 10.9 Å². The Bertz CT molecular complexity index is 298. The molecular formula is C11H21BrN4. The minimum atomic E-state index is 0.374. The van der Waals surface area contributed by atoms with Crippen molar-refractivity contribution in [3.05, 3.63) is 12.2 Å². The molecule has 5 heteroatoms. The Morgan fingerprint density at radius 1 is 1.50 bits per heavy atom. The van der Waals surface area contributed by atoms with Gasteiger partial charge in [-0.2, -0.15) is 5.10 Å². The first-order chi connectivity index (χ1) is 7.65. The van der Waals surface area contributed by atoms with E-state index >= 15 is 0 Å². The molecule has 1 atom stereocenters. The number of nitrogens with one attached hydrogen (secondary N) is 1. The van der Waals surface area contributed by atoms with Crippen molar-refractivity contribution in [1.82, 2.24) is 20.1 Å². The molecule has 0 aliphatic rings. The summed E-state index contributed by atoms with van der Waals surface area (Å²) in [4.78, 5) is 4.87. The first-order valence-corrected chi connectivity index (χ1v) is 6.79. The van der Waals surface area contributed by atoms with Crippen LogP contribution >= 0.6 is 15.9 Å². The number of alkyl halides is 1. The summed E-state index contributed by atoms with van der Waals surface area (Å²) in [6, 6.07) is 0.374. The van der Waals surface area contributed by atoms with Gasteiger partial charge in [-0.1, -0.05) is 22.9 Å². The van der Waals surface area contributed by atoms with Crippen molar-refractivity contribution < 1.29 is 0 Å². The van der Waals surface area contributed by atoms with E-state index in [1.807, 2.05) is 4.68 Å². The highest BCUT2D eigenvalue weighted by Gasteiger charge is 2.07. The van der Waals surface area contributed by atoms with Crippen LogP contribution in [-0.4, -0.2) is 26.1 Å². The fraction of sp³-hybridized carbons (Fsp3) is 0.818. The molecule has 0 saturated heterocycles. The SMILES string of the molecule is CCC(Br)CCNCc1ncnn1C(C)C. The van der Waals surface area contributed by atoms with Crippen LogP contribution in [0, 0.1) is 0 Å². The molecule has 0 aliphatic heterocycles. The number of nitrogens with zero attached hydrogens (tertiary/aromatic N) is 3. The normalized spacial score (nSPS) is 13.3. The van der Waals surface area contributed by atoms with E-state index in [4.69, 9.17) is 0 Å². The van der Waals surface area contributed by atoms with Crippen LogP contribution in [0.25, 0.3) is 0 Å². The van der Waals surface area contributed by atoms with Crippen LogP contribution in [0.3, 0.4) is 0 Å². The van der Waals surface area contributed by atoms with E-state index < -0.39 is 0 Å². The summed E-state index contributed by atoms with van der Waals surface area (Å²) in [5, 5.41) is 7.60. The lowest BCUT2D eigenvalue weighted by Crippen LogP contribution is -2.21. The summed E-state index contributed by atoms with van der Waals surface area (Å²) < 4.78 is 1.96. The second-order valence-corrected chi connectivity index (χ2v) is 5.48. The van der Waals surface area contributed by atoms with E-state index in [-0.39, 0.29) is 0 Å². The molecular weight excluding hydrogens is 268 g/mol. The van der Waals surface area contributed by atoms with Crippen molar-refractivity contribution in [2.75, 3.05) is 6.54 Å². The van der Waals surface area contributed by atoms with Crippen LogP contribution in [0.5, 0.6) is 0 Å². The maximum atomic E-state index is 4.25. The molecule has 1 unspecified atom stereocenters. The quantitative estimate of drug-likeness (QED) is 0.619. The van der Waals surface area contributed by atoms with Crippen molar-refractivity contribution in [3.8, 4) is 0 Å². The van der Waals surface area contributed by atoms with Gasteiger partial charge >= 0.3 is 0 Å². The Kier molecular flexibility index (Phi) is 5.98. The highest BCUT2D eigenvalue weighted by Crippen LogP contribution is 2.08. The number of hydrogen-bond donors (Lipinski definition) is 1. The highest BCUT2D eigenvalue weighted by molar-refractivity contribution is 9.09. The smallest absolute Gasteiger partial charge is 0.141 e.